The standard InChI is InChI=1S/C13H13N2O2S/c1-14-8-3-2-7-13(14)18-10-11-5-4-6-12(9-11)15(16)17/h2-9H,10H2,1H3/q+1. The van der Waals surface area contributed by atoms with Gasteiger partial charge >= 0.3 is 0 Å². The highest BCUT2D eigenvalue weighted by atomic mass is 32.2. The summed E-state index contributed by atoms with van der Waals surface area (Å²) in [6.07, 6.45) is 1.98. The highest BCUT2D eigenvalue weighted by molar-refractivity contribution is 7.98. The first-order valence-corrected chi connectivity index (χ1v) is 6.46. The van der Waals surface area contributed by atoms with Gasteiger partial charge in [-0.25, -0.2) is 0 Å². The Morgan fingerprint density at radius 3 is 2.83 bits per heavy atom. The largest absolute Gasteiger partial charge is 0.269 e. The van der Waals surface area contributed by atoms with E-state index in [-0.39, 0.29) is 10.6 Å². The minimum absolute atomic E-state index is 0.144. The van der Waals surface area contributed by atoms with Crippen LogP contribution in [0.5, 0.6) is 0 Å². The average Bonchev–Trinajstić information content (AvgIpc) is 2.38. The van der Waals surface area contributed by atoms with Crippen LogP contribution in [-0.2, 0) is 12.8 Å². The van der Waals surface area contributed by atoms with Gasteiger partial charge in [0.2, 0.25) is 5.03 Å². The van der Waals surface area contributed by atoms with Crippen molar-refractivity contribution < 1.29 is 9.49 Å². The van der Waals surface area contributed by atoms with Gasteiger partial charge in [0.05, 0.1) is 4.92 Å². The Labute approximate surface area is 109 Å². The highest BCUT2D eigenvalue weighted by Gasteiger charge is 2.09. The fourth-order valence-electron chi connectivity index (χ4n) is 1.57. The molecule has 0 aliphatic carbocycles. The lowest BCUT2D eigenvalue weighted by Gasteiger charge is -2.00. The Bertz CT molecular complexity index is 572. The summed E-state index contributed by atoms with van der Waals surface area (Å²) in [5.74, 6) is 0.722. The molecule has 0 N–H and O–H groups in total. The second-order valence-electron chi connectivity index (χ2n) is 3.87. The molecule has 18 heavy (non-hydrogen) atoms. The third-order valence-electron chi connectivity index (χ3n) is 2.52. The third kappa shape index (κ3) is 3.07. The minimum atomic E-state index is -0.364. The molecule has 0 amide bonds. The molecule has 1 aromatic carbocycles. The van der Waals surface area contributed by atoms with E-state index < -0.39 is 0 Å². The Morgan fingerprint density at radius 2 is 2.11 bits per heavy atom. The third-order valence-corrected chi connectivity index (χ3v) is 3.71. The predicted molar refractivity (Wildman–Crippen MR) is 70.3 cm³/mol. The van der Waals surface area contributed by atoms with Crippen molar-refractivity contribution in [3.05, 3.63) is 64.3 Å². The van der Waals surface area contributed by atoms with Gasteiger partial charge in [-0.1, -0.05) is 23.9 Å². The molecular formula is C13H13N2O2S+. The summed E-state index contributed by atoms with van der Waals surface area (Å²) >= 11 is 1.66. The molecule has 0 saturated heterocycles. The Balaban J connectivity index is 2.09. The van der Waals surface area contributed by atoms with Crippen molar-refractivity contribution in [3.63, 3.8) is 0 Å². The SMILES string of the molecule is C[n+]1ccccc1SCc1cccc([N+](=O)[O-])c1. The molecule has 0 bridgehead atoms. The lowest BCUT2D eigenvalue weighted by molar-refractivity contribution is -0.708. The predicted octanol–water partition coefficient (Wildman–Crippen LogP) is 2.71. The monoisotopic (exact) mass is 261 g/mol. The number of hydrogen-bond donors (Lipinski definition) is 0. The Kier molecular flexibility index (Phi) is 3.94. The van der Waals surface area contributed by atoms with Crippen LogP contribution < -0.4 is 4.57 Å². The number of pyridine rings is 1. The van der Waals surface area contributed by atoms with Crippen LogP contribution in [0.1, 0.15) is 5.56 Å². The second kappa shape index (κ2) is 5.64. The zero-order chi connectivity index (χ0) is 13.0. The van der Waals surface area contributed by atoms with Crippen molar-refractivity contribution in [2.24, 2.45) is 7.05 Å². The van der Waals surface area contributed by atoms with E-state index in [4.69, 9.17) is 0 Å². The number of thioether (sulfide) groups is 1. The summed E-state index contributed by atoms with van der Waals surface area (Å²) in [5.41, 5.74) is 1.10. The maximum absolute atomic E-state index is 10.7. The van der Waals surface area contributed by atoms with Crippen LogP contribution >= 0.6 is 11.8 Å². The topological polar surface area (TPSA) is 47.0 Å². The number of nitro groups is 1. The molecule has 0 spiro atoms. The number of nitro benzene ring substituents is 1. The molecule has 0 unspecified atom stereocenters. The fraction of sp³-hybridized carbons (Fsp3) is 0.154. The number of rotatable bonds is 4. The van der Waals surface area contributed by atoms with E-state index in [2.05, 4.69) is 0 Å². The number of non-ortho nitro benzene ring substituents is 1. The van der Waals surface area contributed by atoms with Crippen LogP contribution in [0.3, 0.4) is 0 Å². The molecule has 5 heteroatoms. The quantitative estimate of drug-likeness (QED) is 0.368. The maximum Gasteiger partial charge on any atom is 0.269 e. The molecule has 0 aliphatic rings. The van der Waals surface area contributed by atoms with Gasteiger partial charge in [0, 0.05) is 30.0 Å². The van der Waals surface area contributed by atoms with E-state index in [9.17, 15) is 10.1 Å². The van der Waals surface area contributed by atoms with Gasteiger partial charge in [-0.05, 0) is 11.6 Å². The van der Waals surface area contributed by atoms with Gasteiger partial charge in [-0.3, -0.25) is 10.1 Å². The van der Waals surface area contributed by atoms with Crippen LogP contribution in [0, 0.1) is 10.1 Å². The van der Waals surface area contributed by atoms with Gasteiger partial charge in [0.25, 0.3) is 5.69 Å². The molecule has 0 radical (unpaired) electrons. The average molecular weight is 261 g/mol. The van der Waals surface area contributed by atoms with E-state index in [0.717, 1.165) is 16.3 Å². The van der Waals surface area contributed by atoms with Crippen molar-refractivity contribution in [2.45, 2.75) is 10.8 Å². The van der Waals surface area contributed by atoms with Gasteiger partial charge in [-0.2, -0.15) is 4.57 Å². The number of aryl methyl sites for hydroxylation is 1. The van der Waals surface area contributed by atoms with E-state index in [1.54, 1.807) is 23.9 Å². The normalized spacial score (nSPS) is 10.3. The molecule has 0 atom stereocenters. The van der Waals surface area contributed by atoms with Crippen molar-refractivity contribution in [2.75, 3.05) is 0 Å². The highest BCUT2D eigenvalue weighted by Crippen LogP contribution is 2.21. The first-order valence-electron chi connectivity index (χ1n) is 5.47. The molecule has 1 aromatic heterocycles. The number of hydrogen-bond acceptors (Lipinski definition) is 3. The molecule has 0 aliphatic heterocycles. The number of benzene rings is 1. The van der Waals surface area contributed by atoms with Crippen LogP contribution in [0.25, 0.3) is 0 Å². The number of nitrogens with zero attached hydrogens (tertiary/aromatic N) is 2. The smallest absolute Gasteiger partial charge is 0.258 e. The van der Waals surface area contributed by atoms with Crippen molar-refractivity contribution in [1.82, 2.24) is 0 Å². The van der Waals surface area contributed by atoms with E-state index in [1.807, 2.05) is 42.1 Å². The summed E-state index contributed by atoms with van der Waals surface area (Å²) in [6.45, 7) is 0. The summed E-state index contributed by atoms with van der Waals surface area (Å²) < 4.78 is 2.03. The van der Waals surface area contributed by atoms with Gasteiger partial charge in [-0.15, -0.1) is 0 Å². The molecule has 2 aromatic rings. The van der Waals surface area contributed by atoms with Crippen molar-refractivity contribution >= 4 is 17.4 Å². The summed E-state index contributed by atoms with van der Waals surface area (Å²) in [7, 11) is 1.98. The van der Waals surface area contributed by atoms with Gasteiger partial charge in [0.1, 0.15) is 7.05 Å². The van der Waals surface area contributed by atoms with Crippen molar-refractivity contribution in [3.8, 4) is 0 Å². The lowest BCUT2D eigenvalue weighted by atomic mass is 10.2. The Hall–Kier alpha value is -1.88. The molecule has 2 rings (SSSR count). The molecule has 0 fully saturated rings. The van der Waals surface area contributed by atoms with E-state index in [0.29, 0.717) is 0 Å². The van der Waals surface area contributed by atoms with E-state index >= 15 is 0 Å². The summed E-state index contributed by atoms with van der Waals surface area (Å²) in [5, 5.41) is 11.8. The van der Waals surface area contributed by atoms with Gasteiger partial charge in [0.15, 0.2) is 6.20 Å². The first kappa shape index (κ1) is 12.6. The second-order valence-corrected chi connectivity index (χ2v) is 4.86. The molecule has 1 heterocycles. The summed E-state index contributed by atoms with van der Waals surface area (Å²) in [6, 6.07) is 12.7. The van der Waals surface area contributed by atoms with E-state index in [1.165, 1.54) is 6.07 Å². The molecule has 4 nitrogen and oxygen atoms in total. The van der Waals surface area contributed by atoms with Crippen LogP contribution in [0.15, 0.2) is 53.7 Å². The molecule has 92 valence electrons. The van der Waals surface area contributed by atoms with Crippen LogP contribution in [0.4, 0.5) is 5.69 Å². The fourth-order valence-corrected chi connectivity index (χ4v) is 2.51. The van der Waals surface area contributed by atoms with Crippen molar-refractivity contribution in [1.29, 1.82) is 0 Å². The number of aromatic nitrogens is 1. The summed E-state index contributed by atoms with van der Waals surface area (Å²) in [4.78, 5) is 10.3. The maximum atomic E-state index is 10.7. The van der Waals surface area contributed by atoms with Crippen LogP contribution in [0.2, 0.25) is 0 Å². The van der Waals surface area contributed by atoms with Gasteiger partial charge < -0.3 is 0 Å². The Morgan fingerprint density at radius 1 is 1.28 bits per heavy atom. The zero-order valence-electron chi connectivity index (χ0n) is 9.95. The molecular weight excluding hydrogens is 248 g/mol. The lowest BCUT2D eigenvalue weighted by Crippen LogP contribution is -2.29. The first-order chi connectivity index (χ1) is 8.66. The molecule has 0 saturated carbocycles. The zero-order valence-corrected chi connectivity index (χ0v) is 10.8. The minimum Gasteiger partial charge on any atom is -0.258 e. The van der Waals surface area contributed by atoms with Crippen LogP contribution in [-0.4, -0.2) is 4.92 Å².